The van der Waals surface area contributed by atoms with Crippen molar-refractivity contribution in [1.29, 1.82) is 0 Å². The topological polar surface area (TPSA) is 169 Å². The Morgan fingerprint density at radius 3 is 2.05 bits per heavy atom. The van der Waals surface area contributed by atoms with Crippen molar-refractivity contribution in [2.24, 2.45) is 0 Å². The molecule has 0 amide bonds. The van der Waals surface area contributed by atoms with Crippen LogP contribution in [-0.2, 0) is 14.2 Å². The van der Waals surface area contributed by atoms with Gasteiger partial charge in [-0.2, -0.15) is 0 Å². The molecular formula is C12H22O10. The molecule has 0 saturated carbocycles. The fraction of sp³-hybridized carbons (Fsp3) is 1.00. The highest BCUT2D eigenvalue weighted by molar-refractivity contribution is 4.92. The van der Waals surface area contributed by atoms with E-state index in [0.29, 0.717) is 0 Å². The lowest BCUT2D eigenvalue weighted by Gasteiger charge is -2.44. The van der Waals surface area contributed by atoms with Crippen LogP contribution in [0.15, 0.2) is 0 Å². The molecule has 2 aliphatic rings. The number of hydrogen-bond acceptors (Lipinski definition) is 10. The first-order chi connectivity index (χ1) is 10.3. The number of aliphatic hydroxyl groups is 7. The molecule has 7 N–H and O–H groups in total. The highest BCUT2D eigenvalue weighted by atomic mass is 16.7. The van der Waals surface area contributed by atoms with Crippen LogP contribution in [0.3, 0.4) is 0 Å². The summed E-state index contributed by atoms with van der Waals surface area (Å²) >= 11 is 0. The van der Waals surface area contributed by atoms with Crippen molar-refractivity contribution in [3.8, 4) is 0 Å². The summed E-state index contributed by atoms with van der Waals surface area (Å²) in [5.74, 6) is 0. The molecule has 2 saturated heterocycles. The van der Waals surface area contributed by atoms with Crippen LogP contribution in [0.4, 0.5) is 0 Å². The van der Waals surface area contributed by atoms with Gasteiger partial charge >= 0.3 is 0 Å². The maximum absolute atomic E-state index is 9.93. The van der Waals surface area contributed by atoms with Crippen LogP contribution in [0.25, 0.3) is 0 Å². The molecule has 10 heteroatoms. The highest BCUT2D eigenvalue weighted by Crippen LogP contribution is 2.28. The van der Waals surface area contributed by atoms with Crippen molar-refractivity contribution >= 4 is 0 Å². The molecule has 0 unspecified atom stereocenters. The van der Waals surface area contributed by atoms with Crippen LogP contribution in [0, 0.1) is 0 Å². The van der Waals surface area contributed by atoms with Crippen molar-refractivity contribution in [2.75, 3.05) is 6.61 Å². The van der Waals surface area contributed by atoms with E-state index in [0.717, 1.165) is 0 Å². The third kappa shape index (κ3) is 3.26. The van der Waals surface area contributed by atoms with Gasteiger partial charge in [0.05, 0.1) is 12.7 Å². The summed E-state index contributed by atoms with van der Waals surface area (Å²) in [6.07, 6.45) is -14.3. The zero-order valence-electron chi connectivity index (χ0n) is 11.8. The molecular weight excluding hydrogens is 304 g/mol. The molecule has 0 aromatic heterocycles. The molecule has 0 aliphatic carbocycles. The van der Waals surface area contributed by atoms with Crippen molar-refractivity contribution in [2.45, 2.75) is 68.3 Å². The Morgan fingerprint density at radius 2 is 1.45 bits per heavy atom. The fourth-order valence-corrected chi connectivity index (χ4v) is 2.50. The Hall–Kier alpha value is -0.400. The number of ether oxygens (including phenoxy) is 3. The summed E-state index contributed by atoms with van der Waals surface area (Å²) in [7, 11) is 0. The lowest BCUT2D eigenvalue weighted by Crippen LogP contribution is -2.63. The van der Waals surface area contributed by atoms with Gasteiger partial charge in [-0.3, -0.25) is 0 Å². The third-order valence-corrected chi connectivity index (χ3v) is 3.94. The predicted molar refractivity (Wildman–Crippen MR) is 67.2 cm³/mol. The predicted octanol–water partition coefficient (Wildman–Crippen LogP) is -4.37. The molecule has 0 aromatic rings. The SMILES string of the molecule is C[C@@H]1O[C@@H](O[C@@H]2[C@H](O)[C@@H](O)[C@@H](CO)O[C@H]2O)[C@@H](O)[C@H](O)[C@@H]1O. The van der Waals surface area contributed by atoms with E-state index in [-0.39, 0.29) is 0 Å². The number of hydrogen-bond donors (Lipinski definition) is 7. The molecule has 2 rings (SSSR count). The van der Waals surface area contributed by atoms with E-state index in [9.17, 15) is 30.6 Å². The van der Waals surface area contributed by atoms with Crippen molar-refractivity contribution in [3.05, 3.63) is 0 Å². The van der Waals surface area contributed by atoms with Gasteiger partial charge in [-0.1, -0.05) is 0 Å². The van der Waals surface area contributed by atoms with Gasteiger partial charge in [-0.25, -0.2) is 0 Å². The van der Waals surface area contributed by atoms with E-state index in [1.165, 1.54) is 6.92 Å². The van der Waals surface area contributed by atoms with Gasteiger partial charge in [0, 0.05) is 0 Å². The molecule has 2 aliphatic heterocycles. The Kier molecular flexibility index (Phi) is 5.72. The van der Waals surface area contributed by atoms with E-state index in [1.54, 1.807) is 0 Å². The molecule has 0 spiro atoms. The van der Waals surface area contributed by atoms with Crippen LogP contribution in [0.1, 0.15) is 6.92 Å². The van der Waals surface area contributed by atoms with Crippen LogP contribution >= 0.6 is 0 Å². The summed E-state index contributed by atoms with van der Waals surface area (Å²) in [5.41, 5.74) is 0. The van der Waals surface area contributed by atoms with Gasteiger partial charge in [-0.05, 0) is 6.92 Å². The summed E-state index contributed by atoms with van der Waals surface area (Å²) in [6, 6.07) is 0. The Labute approximate surface area is 126 Å². The standard InChI is InChI=1S/C12H22O10/c1-3-5(14)7(16)9(18)12(20-3)22-10-8(17)6(15)4(2-13)21-11(10)19/h3-19H,2H2,1H3/t3-,4+,5+,6-,7+,8+,9-,10+,11+,12-/m0/s1. The Morgan fingerprint density at radius 1 is 0.818 bits per heavy atom. The van der Waals surface area contributed by atoms with Crippen LogP contribution in [-0.4, -0.2) is 104 Å². The third-order valence-electron chi connectivity index (χ3n) is 3.94. The minimum Gasteiger partial charge on any atom is -0.394 e. The first-order valence-corrected chi connectivity index (χ1v) is 6.93. The summed E-state index contributed by atoms with van der Waals surface area (Å²) in [4.78, 5) is 0. The lowest BCUT2D eigenvalue weighted by molar-refractivity contribution is -0.358. The monoisotopic (exact) mass is 326 g/mol. The van der Waals surface area contributed by atoms with Crippen LogP contribution < -0.4 is 0 Å². The molecule has 0 bridgehead atoms. The zero-order valence-corrected chi connectivity index (χ0v) is 11.8. The average molecular weight is 326 g/mol. The molecule has 10 atom stereocenters. The van der Waals surface area contributed by atoms with Gasteiger partial charge in [-0.15, -0.1) is 0 Å². The van der Waals surface area contributed by atoms with E-state index in [2.05, 4.69) is 0 Å². The maximum atomic E-state index is 9.93. The normalized spacial score (nSPS) is 53.5. The average Bonchev–Trinajstić information content (AvgIpc) is 2.49. The van der Waals surface area contributed by atoms with Crippen LogP contribution in [0.2, 0.25) is 0 Å². The molecule has 10 nitrogen and oxygen atoms in total. The van der Waals surface area contributed by atoms with Crippen LogP contribution in [0.5, 0.6) is 0 Å². The van der Waals surface area contributed by atoms with E-state index < -0.39 is 68.0 Å². The van der Waals surface area contributed by atoms with Gasteiger partial charge in [0.1, 0.15) is 42.7 Å². The minimum absolute atomic E-state index is 0.619. The van der Waals surface area contributed by atoms with E-state index in [1.807, 2.05) is 0 Å². The quantitative estimate of drug-likeness (QED) is 0.269. The second-order valence-electron chi connectivity index (χ2n) is 5.51. The van der Waals surface area contributed by atoms with Gasteiger partial charge < -0.3 is 50.0 Å². The summed E-state index contributed by atoms with van der Waals surface area (Å²) in [5, 5.41) is 67.5. The molecule has 0 aromatic carbocycles. The van der Waals surface area contributed by atoms with Crippen molar-refractivity contribution in [1.82, 2.24) is 0 Å². The summed E-state index contributed by atoms with van der Waals surface area (Å²) in [6.45, 7) is 0.823. The van der Waals surface area contributed by atoms with Gasteiger partial charge in [0.25, 0.3) is 0 Å². The molecule has 22 heavy (non-hydrogen) atoms. The maximum Gasteiger partial charge on any atom is 0.187 e. The molecule has 0 radical (unpaired) electrons. The Bertz CT molecular complexity index is 368. The second kappa shape index (κ2) is 7.01. The van der Waals surface area contributed by atoms with Crippen molar-refractivity contribution < 1.29 is 50.0 Å². The smallest absolute Gasteiger partial charge is 0.187 e. The first-order valence-electron chi connectivity index (χ1n) is 6.93. The zero-order chi connectivity index (χ0) is 16.6. The van der Waals surface area contributed by atoms with E-state index in [4.69, 9.17) is 19.3 Å². The Balaban J connectivity index is 2.06. The van der Waals surface area contributed by atoms with Gasteiger partial charge in [0.2, 0.25) is 0 Å². The lowest BCUT2D eigenvalue weighted by atomic mass is 9.97. The largest absolute Gasteiger partial charge is 0.394 e. The summed E-state index contributed by atoms with van der Waals surface area (Å²) < 4.78 is 15.3. The first kappa shape index (κ1) is 17.9. The van der Waals surface area contributed by atoms with E-state index >= 15 is 0 Å². The minimum atomic E-state index is -1.69. The number of aliphatic hydroxyl groups excluding tert-OH is 7. The number of rotatable bonds is 3. The highest BCUT2D eigenvalue weighted by Gasteiger charge is 2.49. The van der Waals surface area contributed by atoms with Gasteiger partial charge in [0.15, 0.2) is 12.6 Å². The fourth-order valence-electron chi connectivity index (χ4n) is 2.50. The second-order valence-corrected chi connectivity index (χ2v) is 5.51. The molecule has 2 fully saturated rings. The molecule has 2 heterocycles. The van der Waals surface area contributed by atoms with Crippen molar-refractivity contribution in [3.63, 3.8) is 0 Å². The molecule has 130 valence electrons.